The maximum absolute atomic E-state index is 12.2. The van der Waals surface area contributed by atoms with Crippen LogP contribution < -0.4 is 20.3 Å². The lowest BCUT2D eigenvalue weighted by atomic mass is 10.1. The zero-order valence-electron chi connectivity index (χ0n) is 13.7. The summed E-state index contributed by atoms with van der Waals surface area (Å²) in [6.45, 7) is 2.34. The van der Waals surface area contributed by atoms with Crippen LogP contribution in [0.15, 0.2) is 28.8 Å². The molecule has 0 aromatic heterocycles. The molecule has 0 fully saturated rings. The second-order valence-corrected chi connectivity index (χ2v) is 6.25. The molecule has 2 rings (SSSR count). The fourth-order valence-corrected chi connectivity index (χ4v) is 3.04. The summed E-state index contributed by atoms with van der Waals surface area (Å²) in [5.41, 5.74) is 5.22. The molecule has 0 saturated heterocycles. The molecule has 2 amide bonds. The third kappa shape index (κ3) is 4.74. The number of benzene rings is 1. The molecule has 0 bridgehead atoms. The second kappa shape index (κ2) is 8.73. The summed E-state index contributed by atoms with van der Waals surface area (Å²) in [6.07, 6.45) is 6.46. The van der Waals surface area contributed by atoms with E-state index in [0.29, 0.717) is 34.6 Å². The van der Waals surface area contributed by atoms with Gasteiger partial charge in [-0.1, -0.05) is 12.2 Å². The van der Waals surface area contributed by atoms with E-state index in [1.165, 1.54) is 7.11 Å². The van der Waals surface area contributed by atoms with Crippen molar-refractivity contribution >= 4 is 27.7 Å². The van der Waals surface area contributed by atoms with Crippen LogP contribution in [-0.2, 0) is 4.79 Å². The van der Waals surface area contributed by atoms with Gasteiger partial charge in [0.25, 0.3) is 5.91 Å². The minimum absolute atomic E-state index is 0.211. The van der Waals surface area contributed by atoms with Crippen LogP contribution in [0.5, 0.6) is 11.5 Å². The van der Waals surface area contributed by atoms with Gasteiger partial charge in [-0.25, -0.2) is 0 Å². The maximum Gasteiger partial charge on any atom is 0.269 e. The minimum atomic E-state index is -0.424. The van der Waals surface area contributed by atoms with E-state index in [9.17, 15) is 9.59 Å². The molecule has 1 aromatic rings. The summed E-state index contributed by atoms with van der Waals surface area (Å²) in [5, 5.41) is 0. The number of methoxy groups -OCH3 is 1. The highest BCUT2D eigenvalue weighted by Gasteiger charge is 2.17. The van der Waals surface area contributed by atoms with Gasteiger partial charge in [0.05, 0.1) is 18.2 Å². The lowest BCUT2D eigenvalue weighted by Crippen LogP contribution is -2.42. The number of nitrogens with one attached hydrogen (secondary N) is 2. The number of allylic oxidation sites excluding steroid dienone is 2. The van der Waals surface area contributed by atoms with Crippen molar-refractivity contribution in [2.75, 3.05) is 13.7 Å². The van der Waals surface area contributed by atoms with Crippen molar-refractivity contribution in [2.24, 2.45) is 5.92 Å². The van der Waals surface area contributed by atoms with Gasteiger partial charge in [0.1, 0.15) is 0 Å². The monoisotopic (exact) mass is 396 g/mol. The zero-order valence-corrected chi connectivity index (χ0v) is 15.3. The van der Waals surface area contributed by atoms with Crippen LogP contribution >= 0.6 is 15.9 Å². The van der Waals surface area contributed by atoms with Gasteiger partial charge in [0.15, 0.2) is 11.5 Å². The standard InChI is InChI=1S/C17H21BrN2O4/c1-3-24-16-13(18)9-12(10-14(16)23-2)17(22)20-19-15(21)8-11-6-4-5-7-11/h4,6,9-11H,3,5,7-8H2,1-2H3,(H,19,21)(H,20,22)/t11-/m0/s1. The molecule has 130 valence electrons. The van der Waals surface area contributed by atoms with Crippen LogP contribution in [0.3, 0.4) is 0 Å². The smallest absolute Gasteiger partial charge is 0.269 e. The SMILES string of the molecule is CCOc1c(Br)cc(C(=O)NNC(=O)C[C@H]2C=CCC2)cc1OC. The Morgan fingerprint density at radius 2 is 2.12 bits per heavy atom. The second-order valence-electron chi connectivity index (χ2n) is 5.39. The molecule has 1 aromatic carbocycles. The lowest BCUT2D eigenvalue weighted by molar-refractivity contribution is -0.122. The maximum atomic E-state index is 12.2. The largest absolute Gasteiger partial charge is 0.493 e. The van der Waals surface area contributed by atoms with Crippen LogP contribution in [0, 0.1) is 5.92 Å². The van der Waals surface area contributed by atoms with Gasteiger partial charge in [0, 0.05) is 12.0 Å². The lowest BCUT2D eigenvalue weighted by Gasteiger charge is -2.14. The molecule has 1 aliphatic rings. The fraction of sp³-hybridized carbons (Fsp3) is 0.412. The van der Waals surface area contributed by atoms with Gasteiger partial charge in [0.2, 0.25) is 5.91 Å². The number of carbonyl (C=O) groups is 2. The Bertz CT molecular complexity index is 646. The normalized spacial score (nSPS) is 15.9. The van der Waals surface area contributed by atoms with Crippen LogP contribution in [0.25, 0.3) is 0 Å². The average Bonchev–Trinajstić information content (AvgIpc) is 3.07. The molecule has 7 heteroatoms. The first-order valence-electron chi connectivity index (χ1n) is 7.81. The zero-order chi connectivity index (χ0) is 17.5. The molecule has 2 N–H and O–H groups in total. The van der Waals surface area contributed by atoms with Crippen LogP contribution in [0.1, 0.15) is 36.5 Å². The van der Waals surface area contributed by atoms with E-state index in [4.69, 9.17) is 9.47 Å². The molecule has 0 aliphatic heterocycles. The average molecular weight is 397 g/mol. The molecule has 6 nitrogen and oxygen atoms in total. The van der Waals surface area contributed by atoms with Crippen molar-refractivity contribution in [1.82, 2.24) is 10.9 Å². The molecule has 0 saturated carbocycles. The Kier molecular flexibility index (Phi) is 6.66. The number of amides is 2. The summed E-state index contributed by atoms with van der Waals surface area (Å²) in [4.78, 5) is 24.1. The van der Waals surface area contributed by atoms with E-state index in [1.807, 2.05) is 13.0 Å². The Balaban J connectivity index is 1.97. The predicted octanol–water partition coefficient (Wildman–Crippen LogP) is 2.97. The molecule has 1 aliphatic carbocycles. The third-order valence-corrected chi connectivity index (χ3v) is 4.24. The first-order chi connectivity index (χ1) is 11.5. The number of hydrogen-bond acceptors (Lipinski definition) is 4. The van der Waals surface area contributed by atoms with Crippen LogP contribution in [0.4, 0.5) is 0 Å². The van der Waals surface area contributed by atoms with E-state index < -0.39 is 5.91 Å². The summed E-state index contributed by atoms with van der Waals surface area (Å²) >= 11 is 3.37. The Morgan fingerprint density at radius 1 is 1.33 bits per heavy atom. The summed E-state index contributed by atoms with van der Waals surface area (Å²) in [5.74, 6) is 0.596. The highest BCUT2D eigenvalue weighted by molar-refractivity contribution is 9.10. The van der Waals surface area contributed by atoms with Crippen molar-refractivity contribution < 1.29 is 19.1 Å². The molecule has 0 heterocycles. The highest BCUT2D eigenvalue weighted by atomic mass is 79.9. The van der Waals surface area contributed by atoms with E-state index in [0.717, 1.165) is 12.8 Å². The van der Waals surface area contributed by atoms with Crippen LogP contribution in [0.2, 0.25) is 0 Å². The molecular formula is C17H21BrN2O4. The fourth-order valence-electron chi connectivity index (χ4n) is 2.49. The predicted molar refractivity (Wildman–Crippen MR) is 94.0 cm³/mol. The first kappa shape index (κ1) is 18.3. The van der Waals surface area contributed by atoms with Crippen molar-refractivity contribution in [1.29, 1.82) is 0 Å². The number of rotatable bonds is 6. The van der Waals surface area contributed by atoms with Crippen LogP contribution in [-0.4, -0.2) is 25.5 Å². The first-order valence-corrected chi connectivity index (χ1v) is 8.60. The van der Waals surface area contributed by atoms with E-state index in [2.05, 4.69) is 32.9 Å². The number of halogens is 1. The molecule has 0 unspecified atom stereocenters. The quantitative estimate of drug-likeness (QED) is 0.572. The summed E-state index contributed by atoms with van der Waals surface area (Å²) in [7, 11) is 1.50. The number of hydrogen-bond donors (Lipinski definition) is 2. The number of ether oxygens (including phenoxy) is 2. The van der Waals surface area contributed by atoms with Gasteiger partial charge >= 0.3 is 0 Å². The summed E-state index contributed by atoms with van der Waals surface area (Å²) in [6, 6.07) is 3.19. The number of carbonyl (C=O) groups excluding carboxylic acids is 2. The molecule has 24 heavy (non-hydrogen) atoms. The summed E-state index contributed by atoms with van der Waals surface area (Å²) < 4.78 is 11.3. The van der Waals surface area contributed by atoms with Crippen molar-refractivity contribution in [2.45, 2.75) is 26.2 Å². The minimum Gasteiger partial charge on any atom is -0.493 e. The molecule has 0 radical (unpaired) electrons. The third-order valence-electron chi connectivity index (χ3n) is 3.66. The van der Waals surface area contributed by atoms with E-state index in [1.54, 1.807) is 12.1 Å². The highest BCUT2D eigenvalue weighted by Crippen LogP contribution is 2.36. The Morgan fingerprint density at radius 3 is 2.75 bits per heavy atom. The number of hydrazine groups is 1. The Labute approximate surface area is 149 Å². The van der Waals surface area contributed by atoms with Crippen molar-refractivity contribution in [3.63, 3.8) is 0 Å². The van der Waals surface area contributed by atoms with Gasteiger partial charge < -0.3 is 9.47 Å². The van der Waals surface area contributed by atoms with Crippen molar-refractivity contribution in [3.8, 4) is 11.5 Å². The topological polar surface area (TPSA) is 76.7 Å². The van der Waals surface area contributed by atoms with Gasteiger partial charge in [-0.15, -0.1) is 0 Å². The van der Waals surface area contributed by atoms with Gasteiger partial charge in [-0.2, -0.15) is 0 Å². The van der Waals surface area contributed by atoms with Gasteiger partial charge in [-0.05, 0) is 53.7 Å². The molecule has 0 spiro atoms. The molecule has 1 atom stereocenters. The van der Waals surface area contributed by atoms with E-state index in [-0.39, 0.29) is 11.8 Å². The van der Waals surface area contributed by atoms with Crippen molar-refractivity contribution in [3.05, 3.63) is 34.3 Å². The van der Waals surface area contributed by atoms with E-state index >= 15 is 0 Å². The Hall–Kier alpha value is -2.02. The van der Waals surface area contributed by atoms with Gasteiger partial charge in [-0.3, -0.25) is 20.4 Å². The molecular weight excluding hydrogens is 376 g/mol.